The largest absolute Gasteiger partial charge is 0.325 e. The molecule has 0 atom stereocenters. The third-order valence-electron chi connectivity index (χ3n) is 2.59. The Morgan fingerprint density at radius 1 is 1.27 bits per heavy atom. The van der Waals surface area contributed by atoms with E-state index >= 15 is 0 Å². The number of rotatable bonds is 4. The molecule has 2 N–H and O–H groups in total. The van der Waals surface area contributed by atoms with Crippen LogP contribution in [-0.4, -0.2) is 16.8 Å². The van der Waals surface area contributed by atoms with Crippen molar-refractivity contribution in [2.24, 2.45) is 0 Å². The Morgan fingerprint density at radius 3 is 2.68 bits per heavy atom. The molecule has 0 aliphatic carbocycles. The second kappa shape index (κ2) is 7.20. The van der Waals surface area contributed by atoms with Crippen molar-refractivity contribution in [3.05, 3.63) is 45.4 Å². The smallest absolute Gasteiger partial charge is 0.248 e. The number of thiazole rings is 1. The molecule has 1 heterocycles. The fourth-order valence-electron chi connectivity index (χ4n) is 1.71. The topological polar surface area (TPSA) is 71.1 Å². The van der Waals surface area contributed by atoms with Crippen LogP contribution in [0.2, 0.25) is 5.02 Å². The van der Waals surface area contributed by atoms with Crippen molar-refractivity contribution in [1.82, 2.24) is 4.98 Å². The van der Waals surface area contributed by atoms with Gasteiger partial charge >= 0.3 is 0 Å². The number of benzene rings is 1. The minimum absolute atomic E-state index is 0.230. The van der Waals surface area contributed by atoms with Crippen LogP contribution in [0.25, 0.3) is 6.08 Å². The van der Waals surface area contributed by atoms with Gasteiger partial charge in [0.05, 0.1) is 22.1 Å². The van der Waals surface area contributed by atoms with Gasteiger partial charge < -0.3 is 10.6 Å². The van der Waals surface area contributed by atoms with E-state index in [1.165, 1.54) is 24.3 Å². The second-order valence-corrected chi connectivity index (χ2v) is 5.98. The Labute approximate surface area is 137 Å². The number of amides is 2. The third kappa shape index (κ3) is 4.68. The van der Waals surface area contributed by atoms with Crippen molar-refractivity contribution in [2.45, 2.75) is 13.8 Å². The van der Waals surface area contributed by atoms with E-state index in [9.17, 15) is 9.59 Å². The number of nitrogens with one attached hydrogen (secondary N) is 2. The molecule has 0 saturated heterocycles. The summed E-state index contributed by atoms with van der Waals surface area (Å²) in [5.41, 5.74) is 1.65. The van der Waals surface area contributed by atoms with Crippen molar-refractivity contribution in [2.75, 3.05) is 10.6 Å². The van der Waals surface area contributed by atoms with E-state index in [2.05, 4.69) is 15.6 Å². The fourth-order valence-corrected chi connectivity index (χ4v) is 2.46. The van der Waals surface area contributed by atoms with Gasteiger partial charge in [-0.05, 0) is 31.2 Å². The highest BCUT2D eigenvalue weighted by molar-refractivity contribution is 7.09. The lowest BCUT2D eigenvalue weighted by molar-refractivity contribution is -0.114. The number of nitrogens with zero attached hydrogens (tertiary/aromatic N) is 1. The van der Waals surface area contributed by atoms with Gasteiger partial charge in [0.1, 0.15) is 0 Å². The molecule has 0 radical (unpaired) electrons. The van der Waals surface area contributed by atoms with E-state index in [1.54, 1.807) is 24.3 Å². The lowest BCUT2D eigenvalue weighted by atomic mass is 10.2. The van der Waals surface area contributed by atoms with Crippen molar-refractivity contribution in [3.8, 4) is 0 Å². The number of carbonyl (C=O) groups is 2. The fraction of sp³-hybridized carbons (Fsp3) is 0.133. The number of hydrogen-bond acceptors (Lipinski definition) is 4. The summed E-state index contributed by atoms with van der Waals surface area (Å²) < 4.78 is 0. The van der Waals surface area contributed by atoms with Gasteiger partial charge in [-0.3, -0.25) is 9.59 Å². The average Bonchev–Trinajstić information content (AvgIpc) is 2.85. The van der Waals surface area contributed by atoms with Crippen molar-refractivity contribution in [1.29, 1.82) is 0 Å². The summed E-state index contributed by atoms with van der Waals surface area (Å²) in [5.74, 6) is -0.564. The molecule has 0 aliphatic heterocycles. The molecule has 1 aromatic heterocycles. The van der Waals surface area contributed by atoms with Crippen LogP contribution in [0.1, 0.15) is 17.6 Å². The lowest BCUT2D eigenvalue weighted by Crippen LogP contribution is -2.13. The van der Waals surface area contributed by atoms with E-state index in [-0.39, 0.29) is 11.8 Å². The van der Waals surface area contributed by atoms with Crippen LogP contribution in [0.3, 0.4) is 0 Å². The molecule has 0 fully saturated rings. The molecule has 0 saturated carbocycles. The van der Waals surface area contributed by atoms with Crippen LogP contribution in [0.15, 0.2) is 29.7 Å². The Bertz CT molecular complexity index is 740. The molecule has 0 aliphatic rings. The van der Waals surface area contributed by atoms with Gasteiger partial charge in [-0.25, -0.2) is 4.98 Å². The second-order valence-electron chi connectivity index (χ2n) is 4.49. The highest BCUT2D eigenvalue weighted by Crippen LogP contribution is 2.25. The Morgan fingerprint density at radius 2 is 2.05 bits per heavy atom. The predicted octanol–water partition coefficient (Wildman–Crippen LogP) is 3.72. The zero-order valence-electron chi connectivity index (χ0n) is 12.0. The first-order valence-electron chi connectivity index (χ1n) is 6.42. The van der Waals surface area contributed by atoms with Gasteiger partial charge in [0.25, 0.3) is 0 Å². The number of halogens is 1. The number of anilines is 2. The minimum Gasteiger partial charge on any atom is -0.325 e. The van der Waals surface area contributed by atoms with E-state index in [0.717, 1.165) is 10.7 Å². The van der Waals surface area contributed by atoms with E-state index in [0.29, 0.717) is 16.4 Å². The maximum atomic E-state index is 12.0. The summed E-state index contributed by atoms with van der Waals surface area (Å²) in [4.78, 5) is 27.4. The molecule has 2 amide bonds. The normalized spacial score (nSPS) is 10.7. The molecule has 1 aromatic carbocycles. The molecule has 114 valence electrons. The highest BCUT2D eigenvalue weighted by Gasteiger charge is 2.07. The molecular weight excluding hydrogens is 322 g/mol. The average molecular weight is 336 g/mol. The van der Waals surface area contributed by atoms with Crippen molar-refractivity contribution in [3.63, 3.8) is 0 Å². The molecule has 2 rings (SSSR count). The monoisotopic (exact) mass is 335 g/mol. The van der Waals surface area contributed by atoms with E-state index in [1.807, 2.05) is 12.3 Å². The molecule has 7 heteroatoms. The van der Waals surface area contributed by atoms with Crippen molar-refractivity contribution < 1.29 is 9.59 Å². The zero-order chi connectivity index (χ0) is 16.1. The standard InChI is InChI=1S/C15H14ClN3O2S/c1-9(20)17-13-5-3-11(16)7-14(13)19-15(21)6-4-12-8-22-10(2)18-12/h3-8H,1-2H3,(H,17,20)(H,19,21)/b6-4+. The van der Waals surface area contributed by atoms with Gasteiger partial charge in [0, 0.05) is 23.4 Å². The third-order valence-corrected chi connectivity index (χ3v) is 3.62. The predicted molar refractivity (Wildman–Crippen MR) is 90.3 cm³/mol. The summed E-state index contributed by atoms with van der Waals surface area (Å²) in [6, 6.07) is 4.84. The molecule has 2 aromatic rings. The number of aryl methyl sites for hydroxylation is 1. The van der Waals surface area contributed by atoms with Crippen LogP contribution in [0.5, 0.6) is 0 Å². The molecular formula is C15H14ClN3O2S. The Kier molecular flexibility index (Phi) is 5.30. The maximum absolute atomic E-state index is 12.0. The Balaban J connectivity index is 2.12. The van der Waals surface area contributed by atoms with Gasteiger partial charge in [-0.15, -0.1) is 11.3 Å². The quantitative estimate of drug-likeness (QED) is 0.836. The van der Waals surface area contributed by atoms with E-state index < -0.39 is 0 Å². The SMILES string of the molecule is CC(=O)Nc1ccc(Cl)cc1NC(=O)/C=C/c1csc(C)n1. The van der Waals surface area contributed by atoms with Crippen LogP contribution in [0.4, 0.5) is 11.4 Å². The van der Waals surface area contributed by atoms with Gasteiger partial charge in [-0.1, -0.05) is 11.6 Å². The first kappa shape index (κ1) is 16.2. The molecule has 0 unspecified atom stereocenters. The Hall–Kier alpha value is -2.18. The first-order chi connectivity index (χ1) is 10.4. The summed E-state index contributed by atoms with van der Waals surface area (Å²) in [7, 11) is 0. The summed E-state index contributed by atoms with van der Waals surface area (Å²) in [5, 5.41) is 8.58. The van der Waals surface area contributed by atoms with E-state index in [4.69, 9.17) is 11.6 Å². The number of carbonyl (C=O) groups excluding carboxylic acids is 2. The summed E-state index contributed by atoms with van der Waals surface area (Å²) in [6.07, 6.45) is 3.01. The molecule has 0 bridgehead atoms. The minimum atomic E-state index is -0.334. The summed E-state index contributed by atoms with van der Waals surface area (Å²) in [6.45, 7) is 3.29. The number of hydrogen-bond donors (Lipinski definition) is 2. The van der Waals surface area contributed by atoms with Crippen LogP contribution in [-0.2, 0) is 9.59 Å². The van der Waals surface area contributed by atoms with Gasteiger partial charge in [0.2, 0.25) is 11.8 Å². The molecule has 0 spiro atoms. The lowest BCUT2D eigenvalue weighted by Gasteiger charge is -2.10. The van der Waals surface area contributed by atoms with Crippen molar-refractivity contribution >= 4 is 52.2 Å². The van der Waals surface area contributed by atoms with Gasteiger partial charge in [-0.2, -0.15) is 0 Å². The zero-order valence-corrected chi connectivity index (χ0v) is 13.6. The molecule has 22 heavy (non-hydrogen) atoms. The van der Waals surface area contributed by atoms with Crippen LogP contribution in [0, 0.1) is 6.92 Å². The van der Waals surface area contributed by atoms with Crippen LogP contribution < -0.4 is 10.6 Å². The van der Waals surface area contributed by atoms with Gasteiger partial charge in [0.15, 0.2) is 0 Å². The van der Waals surface area contributed by atoms with Crippen LogP contribution >= 0.6 is 22.9 Å². The summed E-state index contributed by atoms with van der Waals surface area (Å²) >= 11 is 7.43. The highest BCUT2D eigenvalue weighted by atomic mass is 35.5. The molecule has 5 nitrogen and oxygen atoms in total. The first-order valence-corrected chi connectivity index (χ1v) is 7.68. The maximum Gasteiger partial charge on any atom is 0.248 e. The number of aromatic nitrogens is 1.